The molecule has 3 aliphatic rings. The Morgan fingerprint density at radius 2 is 1.42 bits per heavy atom. The summed E-state index contributed by atoms with van der Waals surface area (Å²) in [4.78, 5) is 2.75. The third-order valence-electron chi connectivity index (χ3n) is 7.33. The number of nitrogens with zero attached hydrogens (tertiary/aromatic N) is 1. The van der Waals surface area contributed by atoms with Crippen LogP contribution in [0.4, 0.5) is 0 Å². The molecule has 0 radical (unpaired) electrons. The zero-order chi connectivity index (χ0) is 21.8. The fourth-order valence-electron chi connectivity index (χ4n) is 5.87. The molecule has 0 amide bonds. The van der Waals surface area contributed by atoms with E-state index in [-0.39, 0.29) is 5.48 Å². The van der Waals surface area contributed by atoms with E-state index in [4.69, 9.17) is 4.74 Å². The maximum absolute atomic E-state index is 5.90. The van der Waals surface area contributed by atoms with Gasteiger partial charge in [-0.15, -0.1) is 0 Å². The number of ether oxygens (including phenoxy) is 1. The second-order valence-electron chi connectivity index (χ2n) is 9.11. The van der Waals surface area contributed by atoms with E-state index in [0.717, 1.165) is 18.2 Å². The van der Waals surface area contributed by atoms with E-state index in [1.807, 2.05) is 0 Å². The summed E-state index contributed by atoms with van der Waals surface area (Å²) in [6.45, 7) is 6.01. The van der Waals surface area contributed by atoms with Gasteiger partial charge in [-0.1, -0.05) is 78.9 Å². The third-order valence-corrected chi connectivity index (χ3v) is 7.33. The van der Waals surface area contributed by atoms with Crippen molar-refractivity contribution in [1.82, 2.24) is 10.2 Å². The van der Waals surface area contributed by atoms with E-state index in [1.54, 1.807) is 0 Å². The Hall–Kier alpha value is -2.66. The first-order valence-electron chi connectivity index (χ1n) is 12.1. The molecule has 4 heteroatoms. The molecule has 0 spiro atoms. The SMILES string of the molecule is CCOc1ccccc1CNC1C2CCN(CC2)C1C(c1ccccc1)c1ccccc1.O. The van der Waals surface area contributed by atoms with Crippen molar-refractivity contribution in [2.75, 3.05) is 19.7 Å². The van der Waals surface area contributed by atoms with Gasteiger partial charge >= 0.3 is 0 Å². The van der Waals surface area contributed by atoms with Gasteiger partial charge in [0.1, 0.15) is 5.75 Å². The molecule has 3 fully saturated rings. The van der Waals surface area contributed by atoms with E-state index in [2.05, 4.69) is 102 Å². The number of para-hydroxylation sites is 1. The van der Waals surface area contributed by atoms with Gasteiger partial charge in [-0.25, -0.2) is 0 Å². The van der Waals surface area contributed by atoms with Crippen molar-refractivity contribution in [3.05, 3.63) is 102 Å². The molecule has 3 saturated heterocycles. The highest BCUT2D eigenvalue weighted by molar-refractivity contribution is 5.37. The van der Waals surface area contributed by atoms with Crippen molar-refractivity contribution in [3.8, 4) is 5.75 Å². The summed E-state index contributed by atoms with van der Waals surface area (Å²) in [5.74, 6) is 2.09. The van der Waals surface area contributed by atoms with E-state index in [9.17, 15) is 0 Å². The average Bonchev–Trinajstić information content (AvgIpc) is 2.86. The second kappa shape index (κ2) is 11.0. The number of fused-ring (bicyclic) bond motifs is 3. The van der Waals surface area contributed by atoms with Crippen LogP contribution >= 0.6 is 0 Å². The van der Waals surface area contributed by atoms with Crippen LogP contribution in [0.2, 0.25) is 0 Å². The summed E-state index contributed by atoms with van der Waals surface area (Å²) >= 11 is 0. The molecule has 33 heavy (non-hydrogen) atoms. The fourth-order valence-corrected chi connectivity index (χ4v) is 5.87. The molecular weight excluding hydrogens is 408 g/mol. The lowest BCUT2D eigenvalue weighted by Gasteiger charge is -2.54. The van der Waals surface area contributed by atoms with Gasteiger partial charge in [0.25, 0.3) is 0 Å². The molecule has 0 aromatic heterocycles. The van der Waals surface area contributed by atoms with Gasteiger partial charge in [-0.3, -0.25) is 4.90 Å². The van der Waals surface area contributed by atoms with Crippen LogP contribution in [0.5, 0.6) is 5.75 Å². The summed E-state index contributed by atoms with van der Waals surface area (Å²) in [6.07, 6.45) is 2.58. The minimum Gasteiger partial charge on any atom is -0.494 e. The van der Waals surface area contributed by atoms with Crippen LogP contribution in [-0.4, -0.2) is 42.2 Å². The van der Waals surface area contributed by atoms with Gasteiger partial charge in [-0.2, -0.15) is 0 Å². The van der Waals surface area contributed by atoms with Crippen LogP contribution in [0.1, 0.15) is 42.4 Å². The number of benzene rings is 3. The molecule has 4 nitrogen and oxygen atoms in total. The molecule has 3 aromatic carbocycles. The lowest BCUT2D eigenvalue weighted by Crippen LogP contribution is -2.64. The third kappa shape index (κ3) is 4.98. The Bertz CT molecular complexity index is 947. The van der Waals surface area contributed by atoms with Gasteiger partial charge in [0.05, 0.1) is 6.61 Å². The topological polar surface area (TPSA) is 56.0 Å². The van der Waals surface area contributed by atoms with Crippen LogP contribution < -0.4 is 10.1 Å². The standard InChI is InChI=1S/C29H34N2O.H2O/c1-2-32-26-16-10-9-15-25(26)21-30-28-24-17-19-31(20-18-24)29(28)27(22-11-5-3-6-12-22)23-13-7-4-8-14-23;/h3-16,24,27-30H,2,17-21H2,1H3;1H2. The minimum absolute atomic E-state index is 0. The highest BCUT2D eigenvalue weighted by Gasteiger charge is 2.46. The predicted molar refractivity (Wildman–Crippen MR) is 135 cm³/mol. The fraction of sp³-hybridized carbons (Fsp3) is 0.379. The first kappa shape index (κ1) is 23.5. The number of rotatable bonds is 8. The van der Waals surface area contributed by atoms with E-state index in [0.29, 0.717) is 24.6 Å². The Morgan fingerprint density at radius 1 is 0.848 bits per heavy atom. The molecule has 2 unspecified atom stereocenters. The van der Waals surface area contributed by atoms with E-state index in [1.165, 1.54) is 42.6 Å². The van der Waals surface area contributed by atoms with Crippen LogP contribution in [0.15, 0.2) is 84.9 Å². The minimum atomic E-state index is 0. The zero-order valence-electron chi connectivity index (χ0n) is 19.5. The molecule has 0 aliphatic carbocycles. The summed E-state index contributed by atoms with van der Waals surface area (Å²) < 4.78 is 5.90. The molecule has 0 saturated carbocycles. The molecule has 3 heterocycles. The number of hydrogen-bond donors (Lipinski definition) is 1. The molecule has 174 valence electrons. The van der Waals surface area contributed by atoms with Crippen molar-refractivity contribution in [2.45, 2.75) is 44.3 Å². The average molecular weight is 445 g/mol. The van der Waals surface area contributed by atoms with Gasteiger partial charge in [0.15, 0.2) is 0 Å². The lowest BCUT2D eigenvalue weighted by molar-refractivity contribution is 0.00461. The number of nitrogens with one attached hydrogen (secondary N) is 1. The highest BCUT2D eigenvalue weighted by Crippen LogP contribution is 2.42. The quantitative estimate of drug-likeness (QED) is 0.550. The predicted octanol–water partition coefficient (Wildman–Crippen LogP) is 4.65. The van der Waals surface area contributed by atoms with Crippen LogP contribution in [0, 0.1) is 5.92 Å². The summed E-state index contributed by atoms with van der Waals surface area (Å²) in [6, 6.07) is 31.6. The summed E-state index contributed by atoms with van der Waals surface area (Å²) in [5.41, 5.74) is 4.08. The lowest BCUT2D eigenvalue weighted by atomic mass is 9.70. The van der Waals surface area contributed by atoms with Crippen LogP contribution in [0.25, 0.3) is 0 Å². The molecule has 3 aromatic rings. The first-order chi connectivity index (χ1) is 15.8. The summed E-state index contributed by atoms with van der Waals surface area (Å²) in [7, 11) is 0. The van der Waals surface area contributed by atoms with Crippen molar-refractivity contribution >= 4 is 0 Å². The zero-order valence-corrected chi connectivity index (χ0v) is 19.5. The van der Waals surface area contributed by atoms with Crippen LogP contribution in [-0.2, 0) is 6.54 Å². The molecule has 2 bridgehead atoms. The molecule has 6 rings (SSSR count). The van der Waals surface area contributed by atoms with Gasteiger partial charge in [0, 0.05) is 30.1 Å². The van der Waals surface area contributed by atoms with Crippen molar-refractivity contribution in [1.29, 1.82) is 0 Å². The Labute approximate surface area is 197 Å². The van der Waals surface area contributed by atoms with Crippen molar-refractivity contribution in [3.63, 3.8) is 0 Å². The molecule has 2 atom stereocenters. The smallest absolute Gasteiger partial charge is 0.123 e. The monoisotopic (exact) mass is 444 g/mol. The summed E-state index contributed by atoms with van der Waals surface area (Å²) in [5, 5.41) is 4.02. The molecule has 3 aliphatic heterocycles. The first-order valence-corrected chi connectivity index (χ1v) is 12.1. The van der Waals surface area contributed by atoms with Gasteiger partial charge in [0.2, 0.25) is 0 Å². The largest absolute Gasteiger partial charge is 0.494 e. The number of hydrogen-bond acceptors (Lipinski definition) is 3. The van der Waals surface area contributed by atoms with E-state index < -0.39 is 0 Å². The molecule has 3 N–H and O–H groups in total. The molecular formula is C29H36N2O2. The van der Waals surface area contributed by atoms with E-state index >= 15 is 0 Å². The van der Waals surface area contributed by atoms with Gasteiger partial charge < -0.3 is 15.5 Å². The Kier molecular flexibility index (Phi) is 7.81. The van der Waals surface area contributed by atoms with Gasteiger partial charge in [-0.05, 0) is 56.0 Å². The highest BCUT2D eigenvalue weighted by atomic mass is 16.5. The van der Waals surface area contributed by atoms with Crippen molar-refractivity contribution < 1.29 is 10.2 Å². The maximum atomic E-state index is 5.90. The maximum Gasteiger partial charge on any atom is 0.123 e. The normalized spacial score (nSPS) is 23.8. The van der Waals surface area contributed by atoms with Crippen molar-refractivity contribution in [2.24, 2.45) is 5.92 Å². The Morgan fingerprint density at radius 3 is 2.03 bits per heavy atom. The number of piperidine rings is 3. The second-order valence-corrected chi connectivity index (χ2v) is 9.11. The van der Waals surface area contributed by atoms with Crippen LogP contribution in [0.3, 0.4) is 0 Å². The Balaban J connectivity index is 0.00000259.